The molecule has 2 aliphatic rings. The Hall–Kier alpha value is -2.23. The Labute approximate surface area is 177 Å². The van der Waals surface area contributed by atoms with E-state index in [9.17, 15) is 26.7 Å². The highest BCUT2D eigenvalue weighted by molar-refractivity contribution is 5.83. The summed E-state index contributed by atoms with van der Waals surface area (Å²) in [6.45, 7) is 3.37. The van der Waals surface area contributed by atoms with E-state index >= 15 is 0 Å². The fourth-order valence-corrected chi connectivity index (χ4v) is 4.14. The molecule has 2 heterocycles. The zero-order chi connectivity index (χ0) is 23.3. The molecule has 1 unspecified atom stereocenters. The van der Waals surface area contributed by atoms with E-state index in [4.69, 9.17) is 9.90 Å². The molecule has 1 aromatic carbocycles. The van der Waals surface area contributed by atoms with Gasteiger partial charge in [-0.15, -0.1) is 0 Å². The fraction of sp³-hybridized carbons (Fsp3) is 0.619. The van der Waals surface area contributed by atoms with Crippen molar-refractivity contribution in [3.05, 3.63) is 35.4 Å². The van der Waals surface area contributed by atoms with Crippen LogP contribution < -0.4 is 5.32 Å². The number of nitrogens with one attached hydrogen (secondary N) is 1. The average molecular weight is 450 g/mol. The predicted molar refractivity (Wildman–Crippen MR) is 104 cm³/mol. The Morgan fingerprint density at radius 3 is 2.26 bits per heavy atom. The maximum absolute atomic E-state index is 14.3. The molecule has 1 spiro atoms. The molecule has 0 aliphatic carbocycles. The fourth-order valence-electron chi connectivity index (χ4n) is 4.14. The lowest BCUT2D eigenvalue weighted by molar-refractivity contribution is -0.192. The third-order valence-electron chi connectivity index (χ3n) is 5.39. The largest absolute Gasteiger partial charge is 0.490 e. The molecule has 0 aromatic heterocycles. The van der Waals surface area contributed by atoms with Gasteiger partial charge >= 0.3 is 12.1 Å². The lowest BCUT2D eigenvalue weighted by Crippen LogP contribution is -2.59. The normalized spacial score (nSPS) is 23.6. The van der Waals surface area contributed by atoms with Crippen molar-refractivity contribution in [3.63, 3.8) is 0 Å². The van der Waals surface area contributed by atoms with E-state index in [0.717, 1.165) is 24.8 Å². The SMILES string of the molecule is CCCc1ccc(CN2CC(F)(F)CC3(CCCNC3=O)C2)cc1.O=C(O)C(F)(F)F. The zero-order valence-electron chi connectivity index (χ0n) is 17.3. The van der Waals surface area contributed by atoms with Crippen LogP contribution in [0.5, 0.6) is 0 Å². The summed E-state index contributed by atoms with van der Waals surface area (Å²) in [5.74, 6) is -5.77. The second kappa shape index (κ2) is 9.93. The van der Waals surface area contributed by atoms with E-state index in [2.05, 4.69) is 24.4 Å². The molecule has 1 amide bonds. The molecule has 31 heavy (non-hydrogen) atoms. The van der Waals surface area contributed by atoms with Crippen molar-refractivity contribution in [1.29, 1.82) is 0 Å². The first kappa shape index (κ1) is 25.0. The molecule has 3 rings (SSSR count). The number of benzene rings is 1. The molecule has 1 atom stereocenters. The number of halogens is 5. The molecule has 2 fully saturated rings. The summed E-state index contributed by atoms with van der Waals surface area (Å²) in [5, 5.41) is 9.91. The van der Waals surface area contributed by atoms with Gasteiger partial charge in [0, 0.05) is 26.1 Å². The first-order valence-electron chi connectivity index (χ1n) is 10.1. The average Bonchev–Trinajstić information content (AvgIpc) is 2.65. The van der Waals surface area contributed by atoms with Crippen molar-refractivity contribution in [3.8, 4) is 0 Å². The molecule has 1 aromatic rings. The van der Waals surface area contributed by atoms with E-state index in [-0.39, 0.29) is 18.9 Å². The van der Waals surface area contributed by atoms with Crippen LogP contribution in [0.25, 0.3) is 0 Å². The topological polar surface area (TPSA) is 69.6 Å². The van der Waals surface area contributed by atoms with Crippen molar-refractivity contribution in [2.24, 2.45) is 5.41 Å². The minimum atomic E-state index is -5.08. The molecular weight excluding hydrogens is 423 g/mol. The van der Waals surface area contributed by atoms with Gasteiger partial charge in [0.1, 0.15) is 0 Å². The Bertz CT molecular complexity index is 767. The van der Waals surface area contributed by atoms with Gasteiger partial charge in [-0.1, -0.05) is 37.6 Å². The number of hydrogen-bond acceptors (Lipinski definition) is 3. The summed E-state index contributed by atoms with van der Waals surface area (Å²) in [5.41, 5.74) is 1.37. The van der Waals surface area contributed by atoms with Crippen LogP contribution in [0.2, 0.25) is 0 Å². The highest BCUT2D eigenvalue weighted by Crippen LogP contribution is 2.43. The summed E-state index contributed by atoms with van der Waals surface area (Å²) >= 11 is 0. The van der Waals surface area contributed by atoms with E-state index in [1.807, 2.05) is 12.1 Å². The van der Waals surface area contributed by atoms with Crippen molar-refractivity contribution >= 4 is 11.9 Å². The minimum absolute atomic E-state index is 0.198. The van der Waals surface area contributed by atoms with Gasteiger partial charge in [-0.05, 0) is 30.4 Å². The van der Waals surface area contributed by atoms with Crippen molar-refractivity contribution in [2.75, 3.05) is 19.6 Å². The number of alkyl halides is 5. The molecule has 0 radical (unpaired) electrons. The molecule has 2 aliphatic heterocycles. The Balaban J connectivity index is 0.000000423. The van der Waals surface area contributed by atoms with Crippen molar-refractivity contribution < 1.29 is 36.6 Å². The molecule has 0 saturated carbocycles. The second-order valence-corrected chi connectivity index (χ2v) is 8.19. The Kier molecular flexibility index (Phi) is 8.02. The molecule has 174 valence electrons. The van der Waals surface area contributed by atoms with Crippen LogP contribution in [0, 0.1) is 5.41 Å². The molecule has 2 N–H and O–H groups in total. The van der Waals surface area contributed by atoms with E-state index < -0.39 is 23.5 Å². The quantitative estimate of drug-likeness (QED) is 0.681. The highest BCUT2D eigenvalue weighted by atomic mass is 19.4. The second-order valence-electron chi connectivity index (χ2n) is 8.19. The van der Waals surface area contributed by atoms with E-state index in [0.29, 0.717) is 26.1 Å². The summed E-state index contributed by atoms with van der Waals surface area (Å²) in [6.07, 6.45) is -1.94. The summed E-state index contributed by atoms with van der Waals surface area (Å²) in [7, 11) is 0. The van der Waals surface area contributed by atoms with Crippen LogP contribution in [-0.2, 0) is 22.6 Å². The smallest absolute Gasteiger partial charge is 0.475 e. The summed E-state index contributed by atoms with van der Waals surface area (Å²) in [6, 6.07) is 8.19. The van der Waals surface area contributed by atoms with Gasteiger partial charge in [-0.25, -0.2) is 13.6 Å². The minimum Gasteiger partial charge on any atom is -0.475 e. The zero-order valence-corrected chi connectivity index (χ0v) is 17.3. The highest BCUT2D eigenvalue weighted by Gasteiger charge is 2.53. The number of carbonyl (C=O) groups is 2. The number of amides is 1. The number of piperidine rings is 2. The third kappa shape index (κ3) is 7.15. The third-order valence-corrected chi connectivity index (χ3v) is 5.39. The lowest BCUT2D eigenvalue weighted by Gasteiger charge is -2.46. The van der Waals surface area contributed by atoms with Crippen LogP contribution in [0.15, 0.2) is 24.3 Å². The van der Waals surface area contributed by atoms with Gasteiger partial charge < -0.3 is 10.4 Å². The van der Waals surface area contributed by atoms with Crippen LogP contribution in [0.3, 0.4) is 0 Å². The number of likely N-dealkylation sites (tertiary alicyclic amines) is 1. The van der Waals surface area contributed by atoms with Crippen molar-refractivity contribution in [1.82, 2.24) is 10.2 Å². The number of hydrogen-bond donors (Lipinski definition) is 2. The standard InChI is InChI=1S/C19H26F2N2O.C2HF3O2/c1-2-4-15-5-7-16(8-6-15)11-23-13-18(12-19(20,21)14-23)9-3-10-22-17(18)24;3-2(4,5)1(6)7/h5-8H,2-4,9-14H2,1H3,(H,22,24);(H,6,7). The van der Waals surface area contributed by atoms with Gasteiger partial charge in [-0.3, -0.25) is 9.69 Å². The van der Waals surface area contributed by atoms with Crippen LogP contribution >= 0.6 is 0 Å². The van der Waals surface area contributed by atoms with Gasteiger partial charge in [0.05, 0.1) is 12.0 Å². The number of rotatable bonds is 4. The maximum Gasteiger partial charge on any atom is 0.490 e. The van der Waals surface area contributed by atoms with Gasteiger partial charge in [0.15, 0.2) is 0 Å². The van der Waals surface area contributed by atoms with Gasteiger partial charge in [-0.2, -0.15) is 13.2 Å². The molecule has 2 saturated heterocycles. The summed E-state index contributed by atoms with van der Waals surface area (Å²) in [4.78, 5) is 23.0. The lowest BCUT2D eigenvalue weighted by atomic mass is 9.72. The Morgan fingerprint density at radius 2 is 1.74 bits per heavy atom. The van der Waals surface area contributed by atoms with Crippen LogP contribution in [-0.4, -0.2) is 53.6 Å². The molecule has 10 heteroatoms. The maximum atomic E-state index is 14.3. The van der Waals surface area contributed by atoms with Crippen LogP contribution in [0.4, 0.5) is 22.0 Å². The number of carboxylic acid groups (broad SMARTS) is 1. The molecule has 5 nitrogen and oxygen atoms in total. The van der Waals surface area contributed by atoms with Crippen molar-refractivity contribution in [2.45, 2.75) is 57.7 Å². The predicted octanol–water partition coefficient (Wildman–Crippen LogP) is 4.01. The number of carboxylic acids is 1. The number of aliphatic carboxylic acids is 1. The number of aryl methyl sites for hydroxylation is 1. The first-order chi connectivity index (χ1) is 14.4. The first-order valence-corrected chi connectivity index (χ1v) is 10.1. The number of carbonyl (C=O) groups excluding carboxylic acids is 1. The van der Waals surface area contributed by atoms with Gasteiger partial charge in [0.25, 0.3) is 5.92 Å². The van der Waals surface area contributed by atoms with E-state index in [1.165, 1.54) is 5.56 Å². The summed E-state index contributed by atoms with van der Waals surface area (Å²) < 4.78 is 60.3. The molecule has 0 bridgehead atoms. The van der Waals surface area contributed by atoms with E-state index in [1.54, 1.807) is 4.90 Å². The number of nitrogens with zero attached hydrogens (tertiary/aromatic N) is 1. The molecular formula is C21H27F5N2O3. The monoisotopic (exact) mass is 450 g/mol. The Morgan fingerprint density at radius 1 is 1.16 bits per heavy atom. The van der Waals surface area contributed by atoms with Crippen LogP contribution in [0.1, 0.15) is 43.7 Å². The van der Waals surface area contributed by atoms with Gasteiger partial charge in [0.2, 0.25) is 5.91 Å².